The van der Waals surface area contributed by atoms with E-state index in [9.17, 15) is 10.1 Å². The highest BCUT2D eigenvalue weighted by Crippen LogP contribution is 2.33. The minimum absolute atomic E-state index is 0.0477. The van der Waals surface area contributed by atoms with E-state index in [2.05, 4.69) is 20.3 Å². The van der Waals surface area contributed by atoms with E-state index in [0.717, 1.165) is 0 Å². The van der Waals surface area contributed by atoms with Crippen LogP contribution in [-0.2, 0) is 0 Å². The molecule has 2 aromatic heterocycles. The van der Waals surface area contributed by atoms with Gasteiger partial charge in [0.25, 0.3) is 0 Å². The minimum Gasteiger partial charge on any atom is -0.478 e. The molecule has 0 atom stereocenters. The zero-order chi connectivity index (χ0) is 18.8. The summed E-state index contributed by atoms with van der Waals surface area (Å²) in [5, 5.41) is 30.9. The summed E-state index contributed by atoms with van der Waals surface area (Å²) in [5.41, 5.74) is 13.0. The summed E-state index contributed by atoms with van der Waals surface area (Å²) >= 11 is 1.28. The number of carbonyl (C=O) groups is 1. The Kier molecular flexibility index (Phi) is 4.42. The van der Waals surface area contributed by atoms with Gasteiger partial charge in [-0.2, -0.15) is 10.4 Å². The first kappa shape index (κ1) is 17.2. The van der Waals surface area contributed by atoms with Gasteiger partial charge in [-0.25, -0.2) is 14.3 Å². The average Bonchev–Trinajstić information content (AvgIpc) is 2.94. The van der Waals surface area contributed by atoms with Crippen molar-refractivity contribution in [3.63, 3.8) is 0 Å². The SMILES string of the molecule is CSc1c(C#N)c(N)nc2c(N=Nc3ccc(C(=O)O)cc3)c(N)nn12. The fourth-order valence-electron chi connectivity index (χ4n) is 2.21. The van der Waals surface area contributed by atoms with Gasteiger partial charge in [-0.05, 0) is 30.5 Å². The number of rotatable bonds is 4. The van der Waals surface area contributed by atoms with Crippen LogP contribution < -0.4 is 11.5 Å². The van der Waals surface area contributed by atoms with Gasteiger partial charge >= 0.3 is 5.97 Å². The number of azo groups is 1. The molecule has 2 heterocycles. The molecular weight excluding hydrogens is 356 g/mol. The molecule has 0 saturated carbocycles. The molecule has 3 rings (SSSR count). The van der Waals surface area contributed by atoms with E-state index in [1.165, 1.54) is 40.5 Å². The molecule has 1 aromatic carbocycles. The van der Waals surface area contributed by atoms with Crippen molar-refractivity contribution in [3.8, 4) is 6.07 Å². The minimum atomic E-state index is -1.03. The molecule has 5 N–H and O–H groups in total. The maximum absolute atomic E-state index is 10.9. The zero-order valence-corrected chi connectivity index (χ0v) is 14.2. The maximum atomic E-state index is 10.9. The van der Waals surface area contributed by atoms with Gasteiger partial charge in [0.2, 0.25) is 0 Å². The number of fused-ring (bicyclic) bond motifs is 1. The third-order valence-electron chi connectivity index (χ3n) is 3.44. The highest BCUT2D eigenvalue weighted by Gasteiger charge is 2.19. The molecule has 0 unspecified atom stereocenters. The quantitative estimate of drug-likeness (QED) is 0.358. The topological polar surface area (TPSA) is 168 Å². The summed E-state index contributed by atoms with van der Waals surface area (Å²) in [4.78, 5) is 15.0. The summed E-state index contributed by atoms with van der Waals surface area (Å²) in [6, 6.07) is 7.85. The molecule has 0 spiro atoms. The molecule has 0 radical (unpaired) electrons. The first-order valence-electron chi connectivity index (χ1n) is 7.13. The van der Waals surface area contributed by atoms with E-state index in [-0.39, 0.29) is 34.1 Å². The van der Waals surface area contributed by atoms with Crippen LogP contribution in [0.5, 0.6) is 0 Å². The number of hydrogen-bond donors (Lipinski definition) is 3. The zero-order valence-electron chi connectivity index (χ0n) is 13.4. The van der Waals surface area contributed by atoms with Gasteiger partial charge in [0.05, 0.1) is 11.3 Å². The third-order valence-corrected chi connectivity index (χ3v) is 4.20. The van der Waals surface area contributed by atoms with Crippen molar-refractivity contribution < 1.29 is 9.90 Å². The molecular formula is C15H12N8O2S. The molecule has 0 fully saturated rings. The van der Waals surface area contributed by atoms with E-state index in [1.807, 2.05) is 6.07 Å². The summed E-state index contributed by atoms with van der Waals surface area (Å²) in [6.07, 6.45) is 1.78. The molecule has 130 valence electrons. The van der Waals surface area contributed by atoms with Gasteiger partial charge in [0.1, 0.15) is 22.5 Å². The van der Waals surface area contributed by atoms with Crippen LogP contribution in [0.3, 0.4) is 0 Å². The fourth-order valence-corrected chi connectivity index (χ4v) is 2.87. The van der Waals surface area contributed by atoms with Gasteiger partial charge in [-0.1, -0.05) is 0 Å². The molecule has 0 saturated heterocycles. The number of benzene rings is 1. The predicted molar refractivity (Wildman–Crippen MR) is 95.9 cm³/mol. The van der Waals surface area contributed by atoms with Crippen LogP contribution in [0.2, 0.25) is 0 Å². The molecule has 10 nitrogen and oxygen atoms in total. The summed E-state index contributed by atoms with van der Waals surface area (Å²) in [5.74, 6) is -0.905. The van der Waals surface area contributed by atoms with Crippen LogP contribution in [0.4, 0.5) is 23.0 Å². The van der Waals surface area contributed by atoms with E-state index < -0.39 is 5.97 Å². The number of nitriles is 1. The molecule has 0 amide bonds. The number of carboxylic acids is 1. The Bertz CT molecular complexity index is 1080. The average molecular weight is 368 g/mol. The predicted octanol–water partition coefficient (Wildman–Crippen LogP) is 2.60. The maximum Gasteiger partial charge on any atom is 0.335 e. The Morgan fingerprint density at radius 2 is 1.96 bits per heavy atom. The van der Waals surface area contributed by atoms with Crippen LogP contribution in [-0.4, -0.2) is 31.9 Å². The number of aromatic carboxylic acids is 1. The lowest BCUT2D eigenvalue weighted by atomic mass is 10.2. The molecule has 11 heteroatoms. The van der Waals surface area contributed by atoms with Crippen LogP contribution in [0.25, 0.3) is 5.65 Å². The number of nitrogens with two attached hydrogens (primary N) is 2. The third kappa shape index (κ3) is 2.89. The number of thioether (sulfide) groups is 1. The standard InChI is InChI=1S/C15H12N8O2S/c1-26-14-9(6-16)11(17)19-13-10(12(18)22-23(13)14)21-20-8-4-2-7(3-5-8)15(24)25/h2-5H,1H3,(H2,17,19)(H2,18,22)(H,24,25). The Labute approximate surface area is 151 Å². The Balaban J connectivity index is 2.08. The van der Waals surface area contributed by atoms with E-state index in [4.69, 9.17) is 16.6 Å². The lowest BCUT2D eigenvalue weighted by Gasteiger charge is -2.05. The Morgan fingerprint density at radius 3 is 2.54 bits per heavy atom. The first-order chi connectivity index (χ1) is 12.5. The second-order valence-electron chi connectivity index (χ2n) is 5.01. The van der Waals surface area contributed by atoms with E-state index in [0.29, 0.717) is 10.7 Å². The smallest absolute Gasteiger partial charge is 0.335 e. The van der Waals surface area contributed by atoms with Crippen molar-refractivity contribution in [2.75, 3.05) is 17.7 Å². The van der Waals surface area contributed by atoms with Crippen molar-refractivity contribution in [3.05, 3.63) is 35.4 Å². The van der Waals surface area contributed by atoms with Crippen LogP contribution >= 0.6 is 11.8 Å². The van der Waals surface area contributed by atoms with Gasteiger partial charge < -0.3 is 16.6 Å². The number of carboxylic acid groups (broad SMARTS) is 1. The van der Waals surface area contributed by atoms with Crippen molar-refractivity contribution in [1.82, 2.24) is 14.6 Å². The largest absolute Gasteiger partial charge is 0.478 e. The fraction of sp³-hybridized carbons (Fsp3) is 0.0667. The van der Waals surface area contributed by atoms with Crippen LogP contribution in [0.15, 0.2) is 39.5 Å². The molecule has 3 aromatic rings. The molecule has 26 heavy (non-hydrogen) atoms. The lowest BCUT2D eigenvalue weighted by Crippen LogP contribution is -2.04. The Morgan fingerprint density at radius 1 is 1.27 bits per heavy atom. The van der Waals surface area contributed by atoms with E-state index >= 15 is 0 Å². The molecule has 0 aliphatic rings. The number of nitrogen functional groups attached to an aromatic ring is 2. The number of anilines is 2. The van der Waals surface area contributed by atoms with Gasteiger partial charge in [0.15, 0.2) is 17.2 Å². The second-order valence-corrected chi connectivity index (χ2v) is 5.81. The molecule has 0 bridgehead atoms. The number of hydrogen-bond acceptors (Lipinski definition) is 9. The van der Waals surface area contributed by atoms with E-state index in [1.54, 1.807) is 6.26 Å². The second kappa shape index (κ2) is 6.69. The molecule has 0 aliphatic carbocycles. The first-order valence-corrected chi connectivity index (χ1v) is 8.35. The van der Waals surface area contributed by atoms with Crippen molar-refractivity contribution in [1.29, 1.82) is 5.26 Å². The summed E-state index contributed by atoms with van der Waals surface area (Å²) in [6.45, 7) is 0. The van der Waals surface area contributed by atoms with Crippen LogP contribution in [0, 0.1) is 11.3 Å². The number of nitrogens with zero attached hydrogens (tertiary/aromatic N) is 6. The molecule has 0 aliphatic heterocycles. The summed E-state index contributed by atoms with van der Waals surface area (Å²) < 4.78 is 1.40. The lowest BCUT2D eigenvalue weighted by molar-refractivity contribution is 0.0697. The monoisotopic (exact) mass is 368 g/mol. The van der Waals surface area contributed by atoms with Crippen molar-refractivity contribution in [2.45, 2.75) is 5.03 Å². The normalized spacial score (nSPS) is 11.1. The van der Waals surface area contributed by atoms with Gasteiger partial charge in [-0.3, -0.25) is 0 Å². The van der Waals surface area contributed by atoms with Crippen LogP contribution in [0.1, 0.15) is 15.9 Å². The highest BCUT2D eigenvalue weighted by molar-refractivity contribution is 7.98. The summed E-state index contributed by atoms with van der Waals surface area (Å²) in [7, 11) is 0. The van der Waals surface area contributed by atoms with Crippen molar-refractivity contribution >= 4 is 46.4 Å². The van der Waals surface area contributed by atoms with Gasteiger partial charge in [0, 0.05) is 0 Å². The highest BCUT2D eigenvalue weighted by atomic mass is 32.2. The van der Waals surface area contributed by atoms with Gasteiger partial charge in [-0.15, -0.1) is 22.0 Å². The number of aromatic nitrogens is 3. The Hall–Kier alpha value is -3.65. The van der Waals surface area contributed by atoms with Crippen molar-refractivity contribution in [2.24, 2.45) is 10.2 Å².